The SMILES string of the molecule is CC/C=C\C/C=C\C/C=C\C/C=C\C/C=C\CCCCCC(=O)OCC(COC(=O)CC/C=C\C/C=C\CCCCCCCC)OC(=O)CCCCC/C=C\C/C=C\C/C=C\C/C=C\C/C=C\CC. The number of allylic oxidation sites excluding steroid dienone is 24. The van der Waals surface area contributed by atoms with Crippen molar-refractivity contribution in [2.24, 2.45) is 0 Å². The van der Waals surface area contributed by atoms with Gasteiger partial charge in [0.15, 0.2) is 6.10 Å². The molecule has 0 heterocycles. The highest BCUT2D eigenvalue weighted by Gasteiger charge is 2.19. The minimum absolute atomic E-state index is 0.132. The van der Waals surface area contributed by atoms with Crippen LogP contribution in [-0.2, 0) is 28.6 Å². The van der Waals surface area contributed by atoms with E-state index in [9.17, 15) is 14.4 Å². The molecule has 0 aliphatic heterocycles. The summed E-state index contributed by atoms with van der Waals surface area (Å²) in [5, 5.41) is 0. The van der Waals surface area contributed by atoms with Crippen molar-refractivity contribution < 1.29 is 28.6 Å². The van der Waals surface area contributed by atoms with Gasteiger partial charge in [-0.05, 0) is 128 Å². The van der Waals surface area contributed by atoms with Crippen molar-refractivity contribution >= 4 is 17.9 Å². The molecule has 6 nitrogen and oxygen atoms in total. The molecule has 0 radical (unpaired) electrons. The number of hydrogen-bond donors (Lipinski definition) is 0. The molecule has 0 aromatic rings. The van der Waals surface area contributed by atoms with Gasteiger partial charge in [0.2, 0.25) is 0 Å². The fourth-order valence-corrected chi connectivity index (χ4v) is 6.78. The number of rotatable bonds is 47. The molecule has 0 aliphatic carbocycles. The van der Waals surface area contributed by atoms with E-state index in [0.29, 0.717) is 19.3 Å². The number of carbonyl (C=O) groups excluding carboxylic acids is 3. The molecule has 6 heteroatoms. The van der Waals surface area contributed by atoms with Crippen LogP contribution < -0.4 is 0 Å². The molecule has 0 rings (SSSR count). The molecule has 0 spiro atoms. The first-order valence-electron chi connectivity index (χ1n) is 27.3. The van der Waals surface area contributed by atoms with Gasteiger partial charge in [-0.1, -0.05) is 212 Å². The molecule has 0 N–H and O–H groups in total. The molecule has 0 aromatic heterocycles. The van der Waals surface area contributed by atoms with E-state index in [0.717, 1.165) is 122 Å². The average Bonchev–Trinajstić information content (AvgIpc) is 3.35. The highest BCUT2D eigenvalue weighted by Crippen LogP contribution is 2.11. The molecule has 0 aromatic carbocycles. The lowest BCUT2D eigenvalue weighted by atomic mass is 10.1. The van der Waals surface area contributed by atoms with E-state index >= 15 is 0 Å². The van der Waals surface area contributed by atoms with Crippen LogP contribution in [0.15, 0.2) is 146 Å². The number of unbranched alkanes of at least 4 members (excludes halogenated alkanes) is 12. The summed E-state index contributed by atoms with van der Waals surface area (Å²) in [6.45, 7) is 6.27. The highest BCUT2D eigenvalue weighted by atomic mass is 16.6. The zero-order valence-corrected chi connectivity index (χ0v) is 44.0. The van der Waals surface area contributed by atoms with Crippen molar-refractivity contribution in [1.82, 2.24) is 0 Å². The van der Waals surface area contributed by atoms with Crippen LogP contribution in [0.1, 0.15) is 213 Å². The number of esters is 3. The largest absolute Gasteiger partial charge is 0.462 e. The van der Waals surface area contributed by atoms with Crippen LogP contribution in [0.4, 0.5) is 0 Å². The Kier molecular flexibility index (Phi) is 52.1. The van der Waals surface area contributed by atoms with Crippen LogP contribution in [0.25, 0.3) is 0 Å². The van der Waals surface area contributed by atoms with Gasteiger partial charge in [0.25, 0.3) is 0 Å². The Labute approximate surface area is 423 Å². The smallest absolute Gasteiger partial charge is 0.306 e. The van der Waals surface area contributed by atoms with Gasteiger partial charge in [-0.25, -0.2) is 0 Å². The van der Waals surface area contributed by atoms with Crippen LogP contribution in [0.5, 0.6) is 0 Å². The maximum atomic E-state index is 12.8. The molecule has 386 valence electrons. The molecule has 1 atom stereocenters. The van der Waals surface area contributed by atoms with Gasteiger partial charge in [0, 0.05) is 19.3 Å². The monoisotopic (exact) mass is 951 g/mol. The van der Waals surface area contributed by atoms with Gasteiger partial charge in [-0.2, -0.15) is 0 Å². The third-order valence-corrected chi connectivity index (χ3v) is 10.8. The average molecular weight is 951 g/mol. The van der Waals surface area contributed by atoms with Crippen LogP contribution in [0.3, 0.4) is 0 Å². The summed E-state index contributed by atoms with van der Waals surface area (Å²) in [7, 11) is 0. The Morgan fingerprint density at radius 2 is 0.594 bits per heavy atom. The third kappa shape index (κ3) is 54.1. The summed E-state index contributed by atoms with van der Waals surface area (Å²) < 4.78 is 16.7. The zero-order chi connectivity index (χ0) is 50.0. The van der Waals surface area contributed by atoms with Crippen LogP contribution >= 0.6 is 0 Å². The number of hydrogen-bond acceptors (Lipinski definition) is 6. The van der Waals surface area contributed by atoms with Gasteiger partial charge in [0.1, 0.15) is 13.2 Å². The van der Waals surface area contributed by atoms with E-state index in [-0.39, 0.29) is 44.0 Å². The highest BCUT2D eigenvalue weighted by molar-refractivity contribution is 5.71. The van der Waals surface area contributed by atoms with Gasteiger partial charge >= 0.3 is 17.9 Å². The lowest BCUT2D eigenvalue weighted by Crippen LogP contribution is -2.30. The Bertz CT molecular complexity index is 1560. The van der Waals surface area contributed by atoms with Crippen molar-refractivity contribution in [3.63, 3.8) is 0 Å². The molecule has 0 aliphatic rings. The Balaban J connectivity index is 4.59. The van der Waals surface area contributed by atoms with E-state index in [4.69, 9.17) is 14.2 Å². The molecule has 0 bridgehead atoms. The standard InChI is InChI=1S/C63H98O6/c1-4-7-10-13-16-19-22-25-27-29-31-33-35-38-41-44-47-50-53-56-62(65)68-59-60(58-67-61(64)55-52-49-46-43-40-37-24-21-18-15-12-9-6-3)69-63(66)57-54-51-48-45-42-39-36-34-32-30-28-26-23-20-17-14-11-8-5-2/h7-8,10-11,16-17,19-20,25-28,31-34,37-42,46,49,60H,4-6,9,12-15,18,21-24,29-30,35-36,43-45,47-48,50-59H2,1-3H3/b10-7-,11-8-,19-16-,20-17-,27-25-,28-26-,33-31-,34-32-,40-37-,41-38-,42-39-,49-46-. The van der Waals surface area contributed by atoms with E-state index in [1.54, 1.807) is 0 Å². The maximum absolute atomic E-state index is 12.8. The fraction of sp³-hybridized carbons (Fsp3) is 0.571. The summed E-state index contributed by atoms with van der Waals surface area (Å²) >= 11 is 0. The van der Waals surface area contributed by atoms with E-state index in [1.165, 1.54) is 38.5 Å². The van der Waals surface area contributed by atoms with Crippen molar-refractivity contribution in [3.8, 4) is 0 Å². The Morgan fingerprint density at radius 1 is 0.304 bits per heavy atom. The first-order valence-corrected chi connectivity index (χ1v) is 27.3. The van der Waals surface area contributed by atoms with Crippen molar-refractivity contribution in [3.05, 3.63) is 146 Å². The van der Waals surface area contributed by atoms with Crippen molar-refractivity contribution in [2.75, 3.05) is 13.2 Å². The van der Waals surface area contributed by atoms with Gasteiger partial charge in [-0.3, -0.25) is 14.4 Å². The van der Waals surface area contributed by atoms with E-state index in [2.05, 4.69) is 161 Å². The van der Waals surface area contributed by atoms with Gasteiger partial charge < -0.3 is 14.2 Å². The predicted molar refractivity (Wildman–Crippen MR) is 297 cm³/mol. The fourth-order valence-electron chi connectivity index (χ4n) is 6.78. The zero-order valence-electron chi connectivity index (χ0n) is 44.0. The molecule has 0 saturated heterocycles. The summed E-state index contributed by atoms with van der Waals surface area (Å²) in [5.74, 6) is -1.07. The summed E-state index contributed by atoms with van der Waals surface area (Å²) in [6, 6.07) is 0. The second kappa shape index (κ2) is 55.9. The minimum atomic E-state index is -0.839. The summed E-state index contributed by atoms with van der Waals surface area (Å²) in [6.07, 6.45) is 79.9. The predicted octanol–water partition coefficient (Wildman–Crippen LogP) is 18.4. The Hall–Kier alpha value is -4.71. The normalized spacial score (nSPS) is 13.3. The number of carbonyl (C=O) groups is 3. The van der Waals surface area contributed by atoms with Crippen LogP contribution in [0, 0.1) is 0 Å². The van der Waals surface area contributed by atoms with Gasteiger partial charge in [-0.15, -0.1) is 0 Å². The lowest BCUT2D eigenvalue weighted by Gasteiger charge is -2.18. The molecular weight excluding hydrogens is 853 g/mol. The first-order chi connectivity index (χ1) is 34.0. The van der Waals surface area contributed by atoms with Gasteiger partial charge in [0.05, 0.1) is 0 Å². The van der Waals surface area contributed by atoms with Crippen molar-refractivity contribution in [1.29, 1.82) is 0 Å². The van der Waals surface area contributed by atoms with E-state index < -0.39 is 6.10 Å². The molecule has 69 heavy (non-hydrogen) atoms. The molecular formula is C63H98O6. The summed E-state index contributed by atoms with van der Waals surface area (Å²) in [4.78, 5) is 38.0. The molecule has 0 saturated carbocycles. The maximum Gasteiger partial charge on any atom is 0.306 e. The second-order valence-corrected chi connectivity index (χ2v) is 17.4. The van der Waals surface area contributed by atoms with Crippen LogP contribution in [-0.4, -0.2) is 37.2 Å². The minimum Gasteiger partial charge on any atom is -0.462 e. The molecule has 0 fully saturated rings. The second-order valence-electron chi connectivity index (χ2n) is 17.4. The number of ether oxygens (including phenoxy) is 3. The van der Waals surface area contributed by atoms with Crippen molar-refractivity contribution in [2.45, 2.75) is 219 Å². The summed E-state index contributed by atoms with van der Waals surface area (Å²) in [5.41, 5.74) is 0. The molecule has 0 amide bonds. The quantitative estimate of drug-likeness (QED) is 0.0262. The lowest BCUT2D eigenvalue weighted by molar-refractivity contribution is -0.166. The Morgan fingerprint density at radius 3 is 0.971 bits per heavy atom. The first kappa shape index (κ1) is 64.3. The topological polar surface area (TPSA) is 78.9 Å². The van der Waals surface area contributed by atoms with Crippen LogP contribution in [0.2, 0.25) is 0 Å². The van der Waals surface area contributed by atoms with E-state index in [1.807, 2.05) is 6.08 Å². The third-order valence-electron chi connectivity index (χ3n) is 10.8. The molecule has 1 unspecified atom stereocenters.